The number of phenols is 2. The van der Waals surface area contributed by atoms with Gasteiger partial charge in [0.15, 0.2) is 0 Å². The number of rotatable bonds is 7. The van der Waals surface area contributed by atoms with Gasteiger partial charge in [0.2, 0.25) is 0 Å². The molecule has 1 heterocycles. The number of para-hydroxylation sites is 1. The number of nitrogens with zero attached hydrogens (tertiary/aromatic N) is 2. The van der Waals surface area contributed by atoms with Gasteiger partial charge in [-0.05, 0) is 35.6 Å². The minimum atomic E-state index is -0.259. The van der Waals surface area contributed by atoms with Crippen LogP contribution in [0.5, 0.6) is 11.5 Å². The highest BCUT2D eigenvalue weighted by atomic mass is 16.5. The van der Waals surface area contributed by atoms with Gasteiger partial charge in [-0.3, -0.25) is 9.69 Å². The van der Waals surface area contributed by atoms with Gasteiger partial charge < -0.3 is 19.8 Å². The van der Waals surface area contributed by atoms with Crippen LogP contribution in [0.2, 0.25) is 0 Å². The van der Waals surface area contributed by atoms with Crippen molar-refractivity contribution in [1.29, 1.82) is 0 Å². The molecule has 2 N–H and O–H groups in total. The lowest BCUT2D eigenvalue weighted by atomic mass is 9.98. The first-order valence-electron chi connectivity index (χ1n) is 10.7. The normalized spacial score (nSPS) is 14.8. The van der Waals surface area contributed by atoms with E-state index in [2.05, 4.69) is 11.0 Å². The molecule has 30 heavy (non-hydrogen) atoms. The highest BCUT2D eigenvalue weighted by Crippen LogP contribution is 2.34. The minimum Gasteiger partial charge on any atom is -0.508 e. The van der Waals surface area contributed by atoms with Gasteiger partial charge in [0.25, 0.3) is 5.91 Å². The fourth-order valence-electron chi connectivity index (χ4n) is 3.84. The number of benzene rings is 2. The standard InChI is InChI=1S/C24H32N2O4/c1-4-9-26(24(29)20-14-19(17(2)3)22(27)15-23(20)28)21-8-6-5-7-18(21)16-25-10-12-30-13-11-25/h5-8,14-15,17,27-28H,4,9-13,16H2,1-3H3. The number of anilines is 1. The number of aromatic hydroxyl groups is 2. The minimum absolute atomic E-state index is 0.00816. The Bertz CT molecular complexity index is 876. The predicted octanol–water partition coefficient (Wildman–Crippen LogP) is 4.11. The first-order chi connectivity index (χ1) is 14.4. The molecule has 0 aliphatic carbocycles. The average Bonchev–Trinajstić information content (AvgIpc) is 2.73. The van der Waals surface area contributed by atoms with Gasteiger partial charge >= 0.3 is 0 Å². The van der Waals surface area contributed by atoms with Crippen molar-refractivity contribution in [3.63, 3.8) is 0 Å². The van der Waals surface area contributed by atoms with E-state index < -0.39 is 0 Å². The molecule has 0 spiro atoms. The van der Waals surface area contributed by atoms with Crippen molar-refractivity contribution in [3.8, 4) is 11.5 Å². The second-order valence-electron chi connectivity index (χ2n) is 8.06. The summed E-state index contributed by atoms with van der Waals surface area (Å²) in [5.41, 5.74) is 2.79. The van der Waals surface area contributed by atoms with Crippen LogP contribution in [0, 0.1) is 0 Å². The first-order valence-corrected chi connectivity index (χ1v) is 10.7. The number of morpholine rings is 1. The Morgan fingerprint density at radius 2 is 1.83 bits per heavy atom. The zero-order valence-corrected chi connectivity index (χ0v) is 18.1. The summed E-state index contributed by atoms with van der Waals surface area (Å²) in [5.74, 6) is -0.418. The lowest BCUT2D eigenvalue weighted by Crippen LogP contribution is -2.37. The van der Waals surface area contributed by atoms with Gasteiger partial charge in [0.05, 0.1) is 18.8 Å². The monoisotopic (exact) mass is 412 g/mol. The van der Waals surface area contributed by atoms with Crippen LogP contribution in [0.4, 0.5) is 5.69 Å². The maximum Gasteiger partial charge on any atom is 0.262 e. The summed E-state index contributed by atoms with van der Waals surface area (Å²) >= 11 is 0. The Labute approximate surface area is 178 Å². The predicted molar refractivity (Wildman–Crippen MR) is 118 cm³/mol. The molecule has 1 aliphatic rings. The van der Waals surface area contributed by atoms with Crippen LogP contribution in [0.1, 0.15) is 54.6 Å². The lowest BCUT2D eigenvalue weighted by molar-refractivity contribution is 0.0342. The molecule has 0 radical (unpaired) electrons. The number of hydrogen-bond donors (Lipinski definition) is 2. The number of hydrogen-bond acceptors (Lipinski definition) is 5. The van der Waals surface area contributed by atoms with Crippen molar-refractivity contribution >= 4 is 11.6 Å². The van der Waals surface area contributed by atoms with E-state index in [1.54, 1.807) is 11.0 Å². The molecular formula is C24H32N2O4. The molecule has 1 fully saturated rings. The van der Waals surface area contributed by atoms with E-state index in [-0.39, 0.29) is 28.9 Å². The summed E-state index contributed by atoms with van der Waals surface area (Å²) in [7, 11) is 0. The molecule has 1 amide bonds. The fraction of sp³-hybridized carbons (Fsp3) is 0.458. The van der Waals surface area contributed by atoms with Crippen molar-refractivity contribution < 1.29 is 19.7 Å². The summed E-state index contributed by atoms with van der Waals surface area (Å²) in [5, 5.41) is 20.6. The van der Waals surface area contributed by atoms with Gasteiger partial charge in [0, 0.05) is 37.9 Å². The molecule has 0 aromatic heterocycles. The molecule has 6 heteroatoms. The molecule has 162 valence electrons. The van der Waals surface area contributed by atoms with Crippen LogP contribution in [-0.2, 0) is 11.3 Å². The van der Waals surface area contributed by atoms with Crippen molar-refractivity contribution in [2.75, 3.05) is 37.7 Å². The number of phenolic OH excluding ortho intramolecular Hbond substituents is 2. The summed E-state index contributed by atoms with van der Waals surface area (Å²) in [6, 6.07) is 10.8. The molecule has 3 rings (SSSR count). The third-order valence-electron chi connectivity index (χ3n) is 5.47. The van der Waals surface area contributed by atoms with Crippen LogP contribution >= 0.6 is 0 Å². The van der Waals surface area contributed by atoms with Gasteiger partial charge in [0.1, 0.15) is 11.5 Å². The van der Waals surface area contributed by atoms with E-state index >= 15 is 0 Å². The van der Waals surface area contributed by atoms with E-state index in [1.807, 2.05) is 39.0 Å². The molecular weight excluding hydrogens is 380 g/mol. The van der Waals surface area contributed by atoms with Crippen LogP contribution < -0.4 is 4.90 Å². The number of amides is 1. The molecule has 2 aromatic rings. The van der Waals surface area contributed by atoms with Crippen LogP contribution in [0.3, 0.4) is 0 Å². The third-order valence-corrected chi connectivity index (χ3v) is 5.47. The highest BCUT2D eigenvalue weighted by Gasteiger charge is 2.25. The maximum absolute atomic E-state index is 13.5. The Kier molecular flexibility index (Phi) is 7.34. The SMILES string of the molecule is CCCN(C(=O)c1cc(C(C)C)c(O)cc1O)c1ccccc1CN1CCOCC1. The van der Waals surface area contributed by atoms with Crippen molar-refractivity contribution in [2.24, 2.45) is 0 Å². The number of carbonyl (C=O) groups excluding carboxylic acids is 1. The Hall–Kier alpha value is -2.57. The van der Waals surface area contributed by atoms with Gasteiger partial charge in [-0.2, -0.15) is 0 Å². The van der Waals surface area contributed by atoms with Gasteiger partial charge in [-0.25, -0.2) is 0 Å². The summed E-state index contributed by atoms with van der Waals surface area (Å²) in [6.45, 7) is 10.4. The van der Waals surface area contributed by atoms with E-state index in [1.165, 1.54) is 6.07 Å². The molecule has 0 atom stereocenters. The fourth-order valence-corrected chi connectivity index (χ4v) is 3.84. The Balaban J connectivity index is 1.97. The Morgan fingerprint density at radius 1 is 1.13 bits per heavy atom. The number of carbonyl (C=O) groups is 1. The molecule has 0 unspecified atom stereocenters. The molecule has 1 aliphatic heterocycles. The molecule has 0 bridgehead atoms. The van der Waals surface area contributed by atoms with E-state index in [9.17, 15) is 15.0 Å². The molecule has 1 saturated heterocycles. The molecule has 2 aromatic carbocycles. The smallest absolute Gasteiger partial charge is 0.262 e. The first kappa shape index (κ1) is 22.1. The van der Waals surface area contributed by atoms with E-state index in [4.69, 9.17) is 4.74 Å². The van der Waals surface area contributed by atoms with Crippen molar-refractivity contribution in [3.05, 3.63) is 53.1 Å². The lowest BCUT2D eigenvalue weighted by Gasteiger charge is -2.30. The average molecular weight is 413 g/mol. The zero-order chi connectivity index (χ0) is 21.7. The van der Waals surface area contributed by atoms with Crippen molar-refractivity contribution in [1.82, 2.24) is 4.90 Å². The van der Waals surface area contributed by atoms with Gasteiger partial charge in [-0.15, -0.1) is 0 Å². The largest absolute Gasteiger partial charge is 0.508 e. The second kappa shape index (κ2) is 9.96. The summed E-state index contributed by atoms with van der Waals surface area (Å²) in [4.78, 5) is 17.6. The maximum atomic E-state index is 13.5. The second-order valence-corrected chi connectivity index (χ2v) is 8.06. The number of ether oxygens (including phenoxy) is 1. The van der Waals surface area contributed by atoms with Crippen LogP contribution in [0.25, 0.3) is 0 Å². The van der Waals surface area contributed by atoms with E-state index in [0.717, 1.165) is 50.5 Å². The molecule has 0 saturated carbocycles. The van der Waals surface area contributed by atoms with Crippen molar-refractivity contribution in [2.45, 2.75) is 39.7 Å². The quantitative estimate of drug-likeness (QED) is 0.716. The van der Waals surface area contributed by atoms with Gasteiger partial charge in [-0.1, -0.05) is 39.0 Å². The summed E-state index contributed by atoms with van der Waals surface area (Å²) < 4.78 is 5.45. The topological polar surface area (TPSA) is 73.2 Å². The molecule has 6 nitrogen and oxygen atoms in total. The Morgan fingerprint density at radius 3 is 2.50 bits per heavy atom. The third kappa shape index (κ3) is 4.94. The zero-order valence-electron chi connectivity index (χ0n) is 18.1. The van der Waals surface area contributed by atoms with Crippen LogP contribution in [-0.4, -0.2) is 53.9 Å². The highest BCUT2D eigenvalue weighted by molar-refractivity contribution is 6.08. The summed E-state index contributed by atoms with van der Waals surface area (Å²) in [6.07, 6.45) is 0.785. The van der Waals surface area contributed by atoms with E-state index in [0.29, 0.717) is 12.1 Å². The van der Waals surface area contributed by atoms with Crippen LogP contribution in [0.15, 0.2) is 36.4 Å².